The Morgan fingerprint density at radius 2 is 1.92 bits per heavy atom. The summed E-state index contributed by atoms with van der Waals surface area (Å²) in [5.41, 5.74) is 1.66. The van der Waals surface area contributed by atoms with Gasteiger partial charge < -0.3 is 14.4 Å². The monoisotopic (exact) mass is 357 g/mol. The van der Waals surface area contributed by atoms with Gasteiger partial charge in [-0.2, -0.15) is 4.98 Å². The van der Waals surface area contributed by atoms with Crippen molar-refractivity contribution in [3.63, 3.8) is 0 Å². The lowest BCUT2D eigenvalue weighted by Gasteiger charge is -2.16. The third-order valence-corrected chi connectivity index (χ3v) is 5.09. The molecule has 0 saturated heterocycles. The van der Waals surface area contributed by atoms with E-state index in [0.29, 0.717) is 16.6 Å². The molecule has 2 heterocycles. The van der Waals surface area contributed by atoms with E-state index in [9.17, 15) is 4.79 Å². The van der Waals surface area contributed by atoms with Crippen LogP contribution in [-0.2, 0) is 11.3 Å². The van der Waals surface area contributed by atoms with Crippen LogP contribution in [0.15, 0.2) is 30.3 Å². The molecule has 1 amide bonds. The van der Waals surface area contributed by atoms with Gasteiger partial charge in [0.2, 0.25) is 5.88 Å². The van der Waals surface area contributed by atoms with E-state index in [-0.39, 0.29) is 12.5 Å². The molecule has 3 aromatic rings. The number of hydrogen-bond acceptors (Lipinski definition) is 6. The van der Waals surface area contributed by atoms with Crippen molar-refractivity contribution >= 4 is 33.1 Å². The van der Waals surface area contributed by atoms with Gasteiger partial charge in [0, 0.05) is 19.8 Å². The first kappa shape index (κ1) is 17.3. The van der Waals surface area contributed by atoms with Gasteiger partial charge in [-0.1, -0.05) is 18.2 Å². The lowest BCUT2D eigenvalue weighted by Crippen LogP contribution is -2.25. The molecule has 7 heteroatoms. The number of para-hydroxylation sites is 1. The number of hydrogen-bond donors (Lipinski definition) is 0. The van der Waals surface area contributed by atoms with Crippen LogP contribution < -0.4 is 9.64 Å². The summed E-state index contributed by atoms with van der Waals surface area (Å²) in [6.07, 6.45) is 0. The van der Waals surface area contributed by atoms with E-state index in [1.54, 1.807) is 26.2 Å². The van der Waals surface area contributed by atoms with Crippen molar-refractivity contribution in [3.8, 4) is 5.88 Å². The number of aromatic nitrogens is 2. The summed E-state index contributed by atoms with van der Waals surface area (Å²) in [4.78, 5) is 24.8. The zero-order chi connectivity index (χ0) is 18.0. The summed E-state index contributed by atoms with van der Waals surface area (Å²) in [5, 5.41) is 0.775. The molecule has 0 spiro atoms. The topological polar surface area (TPSA) is 64.6 Å². The fraction of sp³-hybridized carbons (Fsp3) is 0.278. The molecule has 0 unspecified atom stereocenters. The Morgan fingerprint density at radius 3 is 2.56 bits per heavy atom. The summed E-state index contributed by atoms with van der Waals surface area (Å²) in [7, 11) is 4.91. The second kappa shape index (κ2) is 7.16. The van der Waals surface area contributed by atoms with Crippen LogP contribution in [0.4, 0.5) is 5.69 Å². The third kappa shape index (κ3) is 3.20. The Morgan fingerprint density at radius 1 is 1.20 bits per heavy atom. The smallest absolute Gasteiger partial charge is 0.268 e. The number of nitrogens with zero attached hydrogens (tertiary/aromatic N) is 3. The minimum Gasteiger partial charge on any atom is -0.480 e. The predicted octanol–water partition coefficient (Wildman–Crippen LogP) is 3.43. The van der Waals surface area contributed by atoms with E-state index >= 15 is 0 Å². The molecule has 2 aromatic heterocycles. The Hall–Kier alpha value is -2.51. The molecule has 0 N–H and O–H groups in total. The quantitative estimate of drug-likeness (QED) is 0.700. The van der Waals surface area contributed by atoms with Crippen LogP contribution in [0.1, 0.15) is 21.1 Å². The van der Waals surface area contributed by atoms with E-state index in [4.69, 9.17) is 9.47 Å². The number of aryl methyl sites for hydroxylation is 1. The van der Waals surface area contributed by atoms with Crippen molar-refractivity contribution in [3.05, 3.63) is 46.6 Å². The van der Waals surface area contributed by atoms with Crippen molar-refractivity contribution < 1.29 is 14.3 Å². The highest BCUT2D eigenvalue weighted by Crippen LogP contribution is 2.36. The largest absolute Gasteiger partial charge is 0.480 e. The lowest BCUT2D eigenvalue weighted by atomic mass is 10.2. The molecule has 6 nitrogen and oxygen atoms in total. The zero-order valence-corrected chi connectivity index (χ0v) is 15.4. The normalized spacial score (nSPS) is 10.9. The van der Waals surface area contributed by atoms with Crippen LogP contribution in [0, 0.1) is 6.92 Å². The zero-order valence-electron chi connectivity index (χ0n) is 14.6. The molecule has 0 aliphatic carbocycles. The van der Waals surface area contributed by atoms with Crippen molar-refractivity contribution in [2.75, 3.05) is 26.2 Å². The first-order valence-corrected chi connectivity index (χ1v) is 8.54. The molecule has 0 fully saturated rings. The summed E-state index contributed by atoms with van der Waals surface area (Å²) in [5.74, 6) is 0.915. The van der Waals surface area contributed by atoms with Gasteiger partial charge in [-0.15, -0.1) is 11.3 Å². The van der Waals surface area contributed by atoms with Crippen LogP contribution in [0.25, 0.3) is 10.2 Å². The summed E-state index contributed by atoms with van der Waals surface area (Å²) in [6, 6.07) is 9.53. The van der Waals surface area contributed by atoms with Crippen LogP contribution in [0.3, 0.4) is 0 Å². The fourth-order valence-corrected chi connectivity index (χ4v) is 3.78. The number of amides is 1. The van der Waals surface area contributed by atoms with Gasteiger partial charge in [-0.3, -0.25) is 4.79 Å². The summed E-state index contributed by atoms with van der Waals surface area (Å²) >= 11 is 1.35. The van der Waals surface area contributed by atoms with Gasteiger partial charge in [0.15, 0.2) is 5.82 Å². The maximum Gasteiger partial charge on any atom is 0.268 e. The van der Waals surface area contributed by atoms with Crippen LogP contribution in [0.2, 0.25) is 0 Å². The second-order valence-corrected chi connectivity index (χ2v) is 6.52. The number of anilines is 1. The molecule has 3 rings (SSSR count). The number of thiophene rings is 1. The van der Waals surface area contributed by atoms with E-state index in [1.807, 2.05) is 37.3 Å². The first-order chi connectivity index (χ1) is 12.1. The maximum atomic E-state index is 13.0. The van der Waals surface area contributed by atoms with Crippen LogP contribution in [0.5, 0.6) is 5.88 Å². The van der Waals surface area contributed by atoms with Gasteiger partial charge in [0.25, 0.3) is 5.91 Å². The SMILES string of the molecule is COCc1nc(OC)c2c(C)c(C(=O)N(C)c3ccccc3)sc2n1. The van der Waals surface area contributed by atoms with Gasteiger partial charge in [-0.25, -0.2) is 4.98 Å². The Bertz CT molecular complexity index is 909. The Kier molecular flexibility index (Phi) is 4.96. The molecule has 0 bridgehead atoms. The molecule has 0 saturated carbocycles. The van der Waals surface area contributed by atoms with Crippen molar-refractivity contribution in [2.45, 2.75) is 13.5 Å². The van der Waals surface area contributed by atoms with Gasteiger partial charge in [-0.05, 0) is 24.6 Å². The Labute approximate surface area is 150 Å². The van der Waals surface area contributed by atoms with Crippen molar-refractivity contribution in [1.82, 2.24) is 9.97 Å². The molecule has 25 heavy (non-hydrogen) atoms. The minimum absolute atomic E-state index is 0.0814. The predicted molar refractivity (Wildman–Crippen MR) is 98.6 cm³/mol. The van der Waals surface area contributed by atoms with E-state index in [1.165, 1.54) is 11.3 Å². The van der Waals surface area contributed by atoms with Crippen molar-refractivity contribution in [2.24, 2.45) is 0 Å². The van der Waals surface area contributed by atoms with Gasteiger partial charge in [0.05, 0.1) is 17.4 Å². The van der Waals surface area contributed by atoms with E-state index < -0.39 is 0 Å². The highest BCUT2D eigenvalue weighted by molar-refractivity contribution is 7.20. The lowest BCUT2D eigenvalue weighted by molar-refractivity contribution is 0.0996. The molecule has 0 atom stereocenters. The van der Waals surface area contributed by atoms with E-state index in [0.717, 1.165) is 21.5 Å². The highest BCUT2D eigenvalue weighted by atomic mass is 32.1. The fourth-order valence-electron chi connectivity index (χ4n) is 2.61. The average Bonchev–Trinajstić information content (AvgIpc) is 2.97. The number of methoxy groups -OCH3 is 2. The Balaban J connectivity index is 2.07. The number of ether oxygens (including phenoxy) is 2. The standard InChI is InChI=1S/C18H19N3O3S/c1-11-14-16(24-4)19-13(10-23-3)20-17(14)25-15(11)18(22)21(2)12-8-6-5-7-9-12/h5-9H,10H2,1-4H3. The molecule has 0 radical (unpaired) electrons. The highest BCUT2D eigenvalue weighted by Gasteiger charge is 2.23. The molecule has 130 valence electrons. The maximum absolute atomic E-state index is 13.0. The molecule has 0 aliphatic rings. The second-order valence-electron chi connectivity index (χ2n) is 5.52. The van der Waals surface area contributed by atoms with Gasteiger partial charge >= 0.3 is 0 Å². The average molecular weight is 357 g/mol. The molecule has 1 aromatic carbocycles. The number of carbonyl (C=O) groups excluding carboxylic acids is 1. The molecular weight excluding hydrogens is 338 g/mol. The van der Waals surface area contributed by atoms with Crippen molar-refractivity contribution in [1.29, 1.82) is 0 Å². The van der Waals surface area contributed by atoms with E-state index in [2.05, 4.69) is 9.97 Å². The number of fused-ring (bicyclic) bond motifs is 1. The van der Waals surface area contributed by atoms with Gasteiger partial charge in [0.1, 0.15) is 11.4 Å². The first-order valence-electron chi connectivity index (χ1n) is 7.72. The summed E-state index contributed by atoms with van der Waals surface area (Å²) < 4.78 is 10.5. The molecule has 0 aliphatic heterocycles. The van der Waals surface area contributed by atoms with Crippen LogP contribution in [-0.4, -0.2) is 37.1 Å². The number of carbonyl (C=O) groups is 1. The number of rotatable bonds is 5. The third-order valence-electron chi connectivity index (χ3n) is 3.91. The molecular formula is C18H19N3O3S. The minimum atomic E-state index is -0.0814. The van der Waals surface area contributed by atoms with Crippen LogP contribution >= 0.6 is 11.3 Å². The summed E-state index contributed by atoms with van der Waals surface area (Å²) in [6.45, 7) is 2.18. The number of benzene rings is 1.